The zero-order valence-electron chi connectivity index (χ0n) is 16.0. The summed E-state index contributed by atoms with van der Waals surface area (Å²) in [6.45, 7) is 2.05. The summed E-state index contributed by atoms with van der Waals surface area (Å²) in [5.41, 5.74) is 1.12. The van der Waals surface area contributed by atoms with E-state index in [2.05, 4.69) is 22.4 Å². The quantitative estimate of drug-likeness (QED) is 0.669. The second-order valence-electron chi connectivity index (χ2n) is 6.25. The van der Waals surface area contributed by atoms with Crippen LogP contribution in [0.4, 0.5) is 5.69 Å². The van der Waals surface area contributed by atoms with E-state index in [1.807, 2.05) is 24.3 Å². The van der Waals surface area contributed by atoms with Crippen molar-refractivity contribution in [3.05, 3.63) is 72.4 Å². The highest BCUT2D eigenvalue weighted by atomic mass is 35.5. The lowest BCUT2D eigenvalue weighted by Crippen LogP contribution is -2.37. The molecule has 0 bridgehead atoms. The lowest BCUT2D eigenvalue weighted by atomic mass is 10.1. The van der Waals surface area contributed by atoms with E-state index in [0.29, 0.717) is 5.69 Å². The minimum Gasteiger partial charge on any atom is -0.320 e. The molecule has 0 aliphatic carbocycles. The molecular formula is C19H18ClN5O3S. The molecule has 2 aromatic heterocycles. The molecule has 0 saturated carbocycles. The van der Waals surface area contributed by atoms with E-state index in [0.717, 1.165) is 22.3 Å². The maximum Gasteiger partial charge on any atom is 0.330 e. The number of nitrogens with zero attached hydrogens (tertiary/aromatic N) is 4. The zero-order valence-corrected chi connectivity index (χ0v) is 17.5. The van der Waals surface area contributed by atoms with Crippen LogP contribution in [-0.4, -0.2) is 25.2 Å². The SMILES string of the molecule is CCc1ccc(NC(=O)c2nnc(/C(Cl)=C/c3cn(C)c(=O)n(C)c3=O)s2)cc1. The van der Waals surface area contributed by atoms with Crippen molar-refractivity contribution in [2.45, 2.75) is 13.3 Å². The molecule has 0 aliphatic rings. The summed E-state index contributed by atoms with van der Waals surface area (Å²) in [7, 11) is 2.92. The Labute approximate surface area is 175 Å². The van der Waals surface area contributed by atoms with Crippen LogP contribution in [0.15, 0.2) is 40.1 Å². The van der Waals surface area contributed by atoms with Crippen LogP contribution in [-0.2, 0) is 20.5 Å². The van der Waals surface area contributed by atoms with Gasteiger partial charge in [0.25, 0.3) is 11.5 Å². The van der Waals surface area contributed by atoms with Crippen molar-refractivity contribution >= 4 is 45.6 Å². The molecule has 3 aromatic rings. The smallest absolute Gasteiger partial charge is 0.320 e. The van der Waals surface area contributed by atoms with Crippen molar-refractivity contribution in [3.63, 3.8) is 0 Å². The van der Waals surface area contributed by atoms with Gasteiger partial charge in [-0.25, -0.2) is 4.79 Å². The van der Waals surface area contributed by atoms with E-state index in [-0.39, 0.29) is 20.6 Å². The zero-order chi connectivity index (χ0) is 21.1. The third kappa shape index (κ3) is 4.52. The van der Waals surface area contributed by atoms with E-state index in [4.69, 9.17) is 11.6 Å². The summed E-state index contributed by atoms with van der Waals surface area (Å²) in [5.74, 6) is -0.402. The summed E-state index contributed by atoms with van der Waals surface area (Å²) in [6.07, 6.45) is 3.70. The van der Waals surface area contributed by atoms with Crippen molar-refractivity contribution < 1.29 is 4.79 Å². The summed E-state index contributed by atoms with van der Waals surface area (Å²) >= 11 is 7.27. The summed E-state index contributed by atoms with van der Waals surface area (Å²) < 4.78 is 2.26. The fourth-order valence-corrected chi connectivity index (χ4v) is 3.47. The number of benzene rings is 1. The first-order valence-corrected chi connectivity index (χ1v) is 9.87. The average molecular weight is 432 g/mol. The van der Waals surface area contributed by atoms with Gasteiger partial charge in [0.1, 0.15) is 0 Å². The molecular weight excluding hydrogens is 414 g/mol. The Morgan fingerprint density at radius 3 is 2.48 bits per heavy atom. The molecule has 0 unspecified atom stereocenters. The lowest BCUT2D eigenvalue weighted by molar-refractivity contribution is 0.102. The molecule has 0 atom stereocenters. The van der Waals surface area contributed by atoms with Gasteiger partial charge in [-0.1, -0.05) is 42.0 Å². The molecule has 2 heterocycles. The van der Waals surface area contributed by atoms with Gasteiger partial charge in [0.2, 0.25) is 5.01 Å². The predicted molar refractivity (Wildman–Crippen MR) is 114 cm³/mol. The monoisotopic (exact) mass is 431 g/mol. The second-order valence-corrected chi connectivity index (χ2v) is 7.64. The van der Waals surface area contributed by atoms with Crippen LogP contribution < -0.4 is 16.6 Å². The number of aryl methyl sites for hydroxylation is 2. The highest BCUT2D eigenvalue weighted by Crippen LogP contribution is 2.25. The Hall–Kier alpha value is -3.04. The van der Waals surface area contributed by atoms with Gasteiger partial charge in [-0.2, -0.15) is 0 Å². The molecule has 10 heteroatoms. The second kappa shape index (κ2) is 8.54. The maximum atomic E-state index is 12.4. The van der Waals surface area contributed by atoms with Crippen LogP contribution in [0.1, 0.15) is 32.9 Å². The van der Waals surface area contributed by atoms with Gasteiger partial charge in [-0.15, -0.1) is 10.2 Å². The first-order chi connectivity index (χ1) is 13.8. The minimum absolute atomic E-state index is 0.138. The van der Waals surface area contributed by atoms with Gasteiger partial charge in [0.05, 0.1) is 10.6 Å². The molecule has 8 nitrogen and oxygen atoms in total. The Bertz CT molecular complexity index is 1210. The number of halogens is 1. The van der Waals surface area contributed by atoms with Crippen LogP contribution in [0, 0.1) is 0 Å². The predicted octanol–water partition coefficient (Wildman–Crippen LogP) is 2.49. The number of anilines is 1. The highest BCUT2D eigenvalue weighted by molar-refractivity contribution is 7.15. The van der Waals surface area contributed by atoms with Crippen molar-refractivity contribution in [1.82, 2.24) is 19.3 Å². The molecule has 1 N–H and O–H groups in total. The van der Waals surface area contributed by atoms with Crippen LogP contribution in [0.5, 0.6) is 0 Å². The third-order valence-electron chi connectivity index (χ3n) is 4.20. The van der Waals surface area contributed by atoms with Crippen LogP contribution >= 0.6 is 22.9 Å². The van der Waals surface area contributed by atoms with E-state index in [1.54, 1.807) is 0 Å². The van der Waals surface area contributed by atoms with Crippen molar-refractivity contribution in [1.29, 1.82) is 0 Å². The number of aromatic nitrogens is 4. The van der Waals surface area contributed by atoms with E-state index >= 15 is 0 Å². The molecule has 3 rings (SSSR count). The Morgan fingerprint density at radius 1 is 1.17 bits per heavy atom. The topological polar surface area (TPSA) is 98.9 Å². The van der Waals surface area contributed by atoms with Crippen LogP contribution in [0.3, 0.4) is 0 Å². The Kier molecular flexibility index (Phi) is 6.09. The molecule has 29 heavy (non-hydrogen) atoms. The number of carbonyl (C=O) groups excluding carboxylic acids is 1. The molecule has 1 aromatic carbocycles. The van der Waals surface area contributed by atoms with E-state index < -0.39 is 17.2 Å². The first kappa shape index (κ1) is 20.7. The number of hydrogen-bond donors (Lipinski definition) is 1. The number of nitrogens with one attached hydrogen (secondary N) is 1. The van der Waals surface area contributed by atoms with Gasteiger partial charge < -0.3 is 9.88 Å². The molecule has 0 fully saturated rings. The molecule has 0 saturated heterocycles. The maximum absolute atomic E-state index is 12.4. The van der Waals surface area contributed by atoms with Crippen molar-refractivity contribution in [2.75, 3.05) is 5.32 Å². The number of amides is 1. The Balaban J connectivity index is 1.81. The molecule has 0 spiro atoms. The summed E-state index contributed by atoms with van der Waals surface area (Å²) in [5, 5.41) is 11.1. The molecule has 0 radical (unpaired) electrons. The van der Waals surface area contributed by atoms with Gasteiger partial charge in [-0.3, -0.25) is 14.2 Å². The standard InChI is InChI=1S/C19H18ClN5O3S/c1-4-11-5-7-13(8-6-11)21-15(26)17-23-22-16(29-17)14(20)9-12-10-24(2)19(28)25(3)18(12)27/h5-10H,4H2,1-3H3,(H,21,26)/b14-9-. The van der Waals surface area contributed by atoms with Crippen molar-refractivity contribution in [2.24, 2.45) is 14.1 Å². The van der Waals surface area contributed by atoms with Crippen LogP contribution in [0.25, 0.3) is 11.1 Å². The Morgan fingerprint density at radius 2 is 1.83 bits per heavy atom. The van der Waals surface area contributed by atoms with E-state index in [9.17, 15) is 14.4 Å². The van der Waals surface area contributed by atoms with Gasteiger partial charge in [0, 0.05) is 26.0 Å². The van der Waals surface area contributed by atoms with Gasteiger partial charge >= 0.3 is 5.69 Å². The fourth-order valence-electron chi connectivity index (χ4n) is 2.55. The summed E-state index contributed by atoms with van der Waals surface area (Å²) in [4.78, 5) is 36.4. The molecule has 150 valence electrons. The van der Waals surface area contributed by atoms with E-state index in [1.165, 1.54) is 36.5 Å². The number of hydrogen-bond acceptors (Lipinski definition) is 6. The third-order valence-corrected chi connectivity index (χ3v) is 5.55. The molecule has 1 amide bonds. The average Bonchev–Trinajstić information content (AvgIpc) is 3.21. The van der Waals surface area contributed by atoms with Crippen molar-refractivity contribution in [3.8, 4) is 0 Å². The normalized spacial score (nSPS) is 11.5. The lowest BCUT2D eigenvalue weighted by Gasteiger charge is -2.03. The number of rotatable bonds is 5. The van der Waals surface area contributed by atoms with Crippen LogP contribution in [0.2, 0.25) is 0 Å². The first-order valence-electron chi connectivity index (χ1n) is 8.68. The fraction of sp³-hybridized carbons (Fsp3) is 0.211. The molecule has 0 aliphatic heterocycles. The largest absolute Gasteiger partial charge is 0.330 e. The summed E-state index contributed by atoms with van der Waals surface area (Å²) in [6, 6.07) is 7.52. The van der Waals surface area contributed by atoms with Gasteiger partial charge in [0.15, 0.2) is 5.01 Å². The number of carbonyl (C=O) groups is 1. The highest BCUT2D eigenvalue weighted by Gasteiger charge is 2.15. The minimum atomic E-state index is -0.482. The van der Waals surface area contributed by atoms with Gasteiger partial charge in [-0.05, 0) is 30.2 Å².